The van der Waals surface area contributed by atoms with E-state index in [-0.39, 0.29) is 30.0 Å². The molecule has 1 amide bonds. The molecule has 1 fully saturated rings. The summed E-state index contributed by atoms with van der Waals surface area (Å²) in [7, 11) is 3.31. The summed E-state index contributed by atoms with van der Waals surface area (Å²) in [5.74, 6) is 1.04. The molecule has 1 aliphatic rings. The Morgan fingerprint density at radius 1 is 1.45 bits per heavy atom. The number of ether oxygens (including phenoxy) is 1. The van der Waals surface area contributed by atoms with Crippen LogP contribution in [0.5, 0.6) is 11.5 Å². The molecule has 0 unspecified atom stereocenters. The standard InChI is InChI=1S/C16H24N2O3.ClH/c1-18(16(20)13-5-3-4-12(13)9-17)10-11-6-7-15(21-2)14(19)8-11;/h6-8,12-13,19H,3-5,9-10,17H2,1-2H3;1H/t12-,13-;/m1./s1. The van der Waals surface area contributed by atoms with Crippen molar-refractivity contribution in [2.24, 2.45) is 17.6 Å². The fraction of sp³-hybridized carbons (Fsp3) is 0.562. The first-order chi connectivity index (χ1) is 10.1. The lowest BCUT2D eigenvalue weighted by Crippen LogP contribution is -2.36. The van der Waals surface area contributed by atoms with Crippen LogP contribution >= 0.6 is 12.4 Å². The van der Waals surface area contributed by atoms with Gasteiger partial charge in [-0.15, -0.1) is 12.4 Å². The highest BCUT2D eigenvalue weighted by Crippen LogP contribution is 2.33. The van der Waals surface area contributed by atoms with Crippen LogP contribution in [0.1, 0.15) is 24.8 Å². The zero-order valence-electron chi connectivity index (χ0n) is 13.1. The van der Waals surface area contributed by atoms with Gasteiger partial charge in [0.2, 0.25) is 5.91 Å². The van der Waals surface area contributed by atoms with Gasteiger partial charge in [0.15, 0.2) is 11.5 Å². The van der Waals surface area contributed by atoms with Crippen molar-refractivity contribution in [3.05, 3.63) is 23.8 Å². The largest absolute Gasteiger partial charge is 0.504 e. The van der Waals surface area contributed by atoms with E-state index in [9.17, 15) is 9.90 Å². The van der Waals surface area contributed by atoms with Crippen LogP contribution in [-0.2, 0) is 11.3 Å². The first-order valence-corrected chi connectivity index (χ1v) is 7.37. The van der Waals surface area contributed by atoms with Crippen LogP contribution < -0.4 is 10.5 Å². The van der Waals surface area contributed by atoms with Gasteiger partial charge < -0.3 is 20.5 Å². The van der Waals surface area contributed by atoms with E-state index in [2.05, 4.69) is 0 Å². The Balaban J connectivity index is 0.00000242. The van der Waals surface area contributed by atoms with E-state index < -0.39 is 0 Å². The molecule has 2 atom stereocenters. The van der Waals surface area contributed by atoms with Gasteiger partial charge in [0.1, 0.15) is 0 Å². The predicted octanol–water partition coefficient (Wildman–Crippen LogP) is 2.16. The summed E-state index contributed by atoms with van der Waals surface area (Å²) in [5, 5.41) is 9.79. The molecule has 0 aromatic heterocycles. The van der Waals surface area contributed by atoms with Gasteiger partial charge in [-0.2, -0.15) is 0 Å². The number of nitrogens with zero attached hydrogens (tertiary/aromatic N) is 1. The molecule has 124 valence electrons. The molecular formula is C16H25ClN2O3. The number of halogens is 1. The summed E-state index contributed by atoms with van der Waals surface area (Å²) in [6.45, 7) is 1.05. The summed E-state index contributed by atoms with van der Waals surface area (Å²) in [4.78, 5) is 14.2. The number of benzene rings is 1. The third kappa shape index (κ3) is 4.05. The second kappa shape index (κ2) is 8.25. The summed E-state index contributed by atoms with van der Waals surface area (Å²) >= 11 is 0. The van der Waals surface area contributed by atoms with E-state index in [0.717, 1.165) is 24.8 Å². The van der Waals surface area contributed by atoms with Gasteiger partial charge in [-0.25, -0.2) is 0 Å². The average Bonchev–Trinajstić information content (AvgIpc) is 2.95. The summed E-state index contributed by atoms with van der Waals surface area (Å²) in [6, 6.07) is 5.20. The Labute approximate surface area is 137 Å². The number of aromatic hydroxyl groups is 1. The SMILES string of the molecule is COc1ccc(CN(C)C(=O)[C@@H]2CCC[C@@H]2CN)cc1O.Cl. The Kier molecular flexibility index (Phi) is 6.97. The number of hydrogen-bond donors (Lipinski definition) is 2. The maximum atomic E-state index is 12.5. The average molecular weight is 329 g/mol. The van der Waals surface area contributed by atoms with Crippen molar-refractivity contribution in [2.45, 2.75) is 25.8 Å². The predicted molar refractivity (Wildman–Crippen MR) is 88.3 cm³/mol. The molecule has 0 aliphatic heterocycles. The number of hydrogen-bond acceptors (Lipinski definition) is 4. The van der Waals surface area contributed by atoms with E-state index in [0.29, 0.717) is 24.8 Å². The normalized spacial score (nSPS) is 20.3. The maximum absolute atomic E-state index is 12.5. The molecule has 3 N–H and O–H groups in total. The van der Waals surface area contributed by atoms with Crippen molar-refractivity contribution < 1.29 is 14.6 Å². The number of phenolic OH excluding ortho intramolecular Hbond substituents is 1. The van der Waals surface area contributed by atoms with Crippen molar-refractivity contribution in [1.82, 2.24) is 4.90 Å². The number of amides is 1. The molecule has 0 heterocycles. The van der Waals surface area contributed by atoms with Gasteiger partial charge in [0.25, 0.3) is 0 Å². The molecule has 0 spiro atoms. The highest BCUT2D eigenvalue weighted by Gasteiger charge is 2.33. The lowest BCUT2D eigenvalue weighted by Gasteiger charge is -2.24. The van der Waals surface area contributed by atoms with Crippen molar-refractivity contribution in [2.75, 3.05) is 20.7 Å². The smallest absolute Gasteiger partial charge is 0.226 e. The highest BCUT2D eigenvalue weighted by atomic mass is 35.5. The summed E-state index contributed by atoms with van der Waals surface area (Å²) < 4.78 is 5.02. The molecule has 1 aromatic rings. The molecule has 5 nitrogen and oxygen atoms in total. The van der Waals surface area contributed by atoms with Crippen LogP contribution in [-0.4, -0.2) is 36.6 Å². The van der Waals surface area contributed by atoms with Crippen LogP contribution in [0, 0.1) is 11.8 Å². The van der Waals surface area contributed by atoms with E-state index >= 15 is 0 Å². The molecule has 1 aliphatic carbocycles. The van der Waals surface area contributed by atoms with Gasteiger partial charge >= 0.3 is 0 Å². The summed E-state index contributed by atoms with van der Waals surface area (Å²) in [6.07, 6.45) is 3.05. The minimum atomic E-state index is 0. The number of nitrogens with two attached hydrogens (primary N) is 1. The van der Waals surface area contributed by atoms with Gasteiger partial charge in [0, 0.05) is 19.5 Å². The third-order valence-electron chi connectivity index (χ3n) is 4.32. The highest BCUT2D eigenvalue weighted by molar-refractivity contribution is 5.85. The number of carbonyl (C=O) groups is 1. The zero-order valence-corrected chi connectivity index (χ0v) is 13.9. The molecule has 22 heavy (non-hydrogen) atoms. The first kappa shape index (κ1) is 18.6. The second-order valence-corrected chi connectivity index (χ2v) is 5.73. The second-order valence-electron chi connectivity index (χ2n) is 5.73. The van der Waals surface area contributed by atoms with E-state index in [4.69, 9.17) is 10.5 Å². The minimum Gasteiger partial charge on any atom is -0.504 e. The fourth-order valence-electron chi connectivity index (χ4n) is 3.11. The monoisotopic (exact) mass is 328 g/mol. The Morgan fingerprint density at radius 2 is 2.18 bits per heavy atom. The first-order valence-electron chi connectivity index (χ1n) is 7.37. The third-order valence-corrected chi connectivity index (χ3v) is 4.32. The molecule has 1 aromatic carbocycles. The molecule has 0 bridgehead atoms. The maximum Gasteiger partial charge on any atom is 0.226 e. The molecule has 1 saturated carbocycles. The van der Waals surface area contributed by atoms with Crippen molar-refractivity contribution >= 4 is 18.3 Å². The molecule has 6 heteroatoms. The van der Waals surface area contributed by atoms with E-state index in [1.54, 1.807) is 24.1 Å². The number of rotatable bonds is 5. The van der Waals surface area contributed by atoms with Gasteiger partial charge in [-0.3, -0.25) is 4.79 Å². The van der Waals surface area contributed by atoms with Gasteiger partial charge in [-0.05, 0) is 43.0 Å². The van der Waals surface area contributed by atoms with E-state index in [1.165, 1.54) is 7.11 Å². The molecule has 0 saturated heterocycles. The Bertz CT molecular complexity index is 510. The number of methoxy groups -OCH3 is 1. The van der Waals surface area contributed by atoms with Crippen molar-refractivity contribution in [1.29, 1.82) is 0 Å². The van der Waals surface area contributed by atoms with Crippen LogP contribution in [0.15, 0.2) is 18.2 Å². The van der Waals surface area contributed by atoms with Crippen LogP contribution in [0.25, 0.3) is 0 Å². The van der Waals surface area contributed by atoms with E-state index in [1.807, 2.05) is 6.07 Å². The van der Waals surface area contributed by atoms with Gasteiger partial charge in [0.05, 0.1) is 7.11 Å². The summed E-state index contributed by atoms with van der Waals surface area (Å²) in [5.41, 5.74) is 6.63. The quantitative estimate of drug-likeness (QED) is 0.868. The molecule has 2 rings (SSSR count). The molecular weight excluding hydrogens is 304 g/mol. The van der Waals surface area contributed by atoms with Crippen molar-refractivity contribution in [3.8, 4) is 11.5 Å². The topological polar surface area (TPSA) is 75.8 Å². The number of phenols is 1. The number of carbonyl (C=O) groups excluding carboxylic acids is 1. The van der Waals surface area contributed by atoms with Crippen LogP contribution in [0.4, 0.5) is 0 Å². The molecule has 0 radical (unpaired) electrons. The minimum absolute atomic E-state index is 0. The Hall–Kier alpha value is -1.46. The van der Waals surface area contributed by atoms with Crippen LogP contribution in [0.3, 0.4) is 0 Å². The van der Waals surface area contributed by atoms with Crippen molar-refractivity contribution in [3.63, 3.8) is 0 Å². The van der Waals surface area contributed by atoms with Crippen LogP contribution in [0.2, 0.25) is 0 Å². The lowest BCUT2D eigenvalue weighted by atomic mass is 9.95. The Morgan fingerprint density at radius 3 is 2.77 bits per heavy atom. The van der Waals surface area contributed by atoms with Gasteiger partial charge in [-0.1, -0.05) is 12.5 Å². The zero-order chi connectivity index (χ0) is 15.4. The fourth-order valence-corrected chi connectivity index (χ4v) is 3.11. The lowest BCUT2D eigenvalue weighted by molar-refractivity contribution is -0.135.